The summed E-state index contributed by atoms with van der Waals surface area (Å²) in [6, 6.07) is 2.61. The van der Waals surface area contributed by atoms with Gasteiger partial charge in [0.2, 0.25) is 0 Å². The van der Waals surface area contributed by atoms with Crippen LogP contribution in [0.25, 0.3) is 0 Å². The smallest absolute Gasteiger partial charge is 0.0476 e. The molecule has 55 valence electrons. The lowest BCUT2D eigenvalue weighted by molar-refractivity contribution is 0.719. The molecule has 0 aliphatic rings. The lowest BCUT2D eigenvalue weighted by atomic mass is 10.3. The molecule has 0 aliphatic carbocycles. The van der Waals surface area contributed by atoms with Gasteiger partial charge in [-0.1, -0.05) is 46.0 Å². The van der Waals surface area contributed by atoms with E-state index in [2.05, 4.69) is 33.9 Å². The highest BCUT2D eigenvalue weighted by atomic mass is 28.3. The summed E-state index contributed by atoms with van der Waals surface area (Å²) in [7, 11) is -0.851. The predicted molar refractivity (Wildman–Crippen MR) is 47.3 cm³/mol. The van der Waals surface area contributed by atoms with Gasteiger partial charge in [-0.05, 0) is 5.92 Å². The fourth-order valence-corrected chi connectivity index (χ4v) is 3.62. The molecule has 0 aromatic rings. The molecule has 0 bridgehead atoms. The quantitative estimate of drug-likeness (QED) is 0.532. The molecule has 0 saturated carbocycles. The SMILES string of the molecule is [CH2]C[Si](C)(C)CC(C)C. The van der Waals surface area contributed by atoms with Gasteiger partial charge in [0.05, 0.1) is 0 Å². The fourth-order valence-electron chi connectivity index (χ4n) is 1.21. The first-order valence-electron chi connectivity index (χ1n) is 3.77. The van der Waals surface area contributed by atoms with Gasteiger partial charge in [0.25, 0.3) is 0 Å². The van der Waals surface area contributed by atoms with E-state index in [0.717, 1.165) is 5.92 Å². The Kier molecular flexibility index (Phi) is 3.48. The maximum atomic E-state index is 3.97. The summed E-state index contributed by atoms with van der Waals surface area (Å²) in [6.45, 7) is 13.4. The van der Waals surface area contributed by atoms with Crippen LogP contribution in [0.15, 0.2) is 0 Å². The molecule has 0 heterocycles. The van der Waals surface area contributed by atoms with Crippen molar-refractivity contribution in [3.63, 3.8) is 0 Å². The lowest BCUT2D eigenvalue weighted by Gasteiger charge is -2.21. The summed E-state index contributed by atoms with van der Waals surface area (Å²) in [6.07, 6.45) is 0. The molecule has 0 unspecified atom stereocenters. The van der Waals surface area contributed by atoms with E-state index in [0.29, 0.717) is 0 Å². The van der Waals surface area contributed by atoms with Crippen LogP contribution in [0.2, 0.25) is 25.2 Å². The summed E-state index contributed by atoms with van der Waals surface area (Å²) < 4.78 is 0. The zero-order valence-electron chi connectivity index (χ0n) is 7.20. The van der Waals surface area contributed by atoms with Gasteiger partial charge in [0.1, 0.15) is 0 Å². The van der Waals surface area contributed by atoms with Gasteiger partial charge in [0.15, 0.2) is 0 Å². The molecule has 0 N–H and O–H groups in total. The van der Waals surface area contributed by atoms with Gasteiger partial charge in [0, 0.05) is 8.07 Å². The topological polar surface area (TPSA) is 0 Å². The largest absolute Gasteiger partial charge is 0.0693 e. The average Bonchev–Trinajstić information content (AvgIpc) is 1.63. The van der Waals surface area contributed by atoms with Crippen LogP contribution in [0.5, 0.6) is 0 Å². The highest BCUT2D eigenvalue weighted by Crippen LogP contribution is 2.19. The minimum atomic E-state index is -0.851. The van der Waals surface area contributed by atoms with Gasteiger partial charge in [-0.25, -0.2) is 0 Å². The molecule has 0 nitrogen and oxygen atoms in total. The molecule has 1 heteroatoms. The summed E-state index contributed by atoms with van der Waals surface area (Å²) in [5.41, 5.74) is 0. The van der Waals surface area contributed by atoms with E-state index < -0.39 is 8.07 Å². The Morgan fingerprint density at radius 1 is 1.33 bits per heavy atom. The van der Waals surface area contributed by atoms with E-state index in [4.69, 9.17) is 0 Å². The van der Waals surface area contributed by atoms with Crippen LogP contribution in [-0.4, -0.2) is 8.07 Å². The van der Waals surface area contributed by atoms with Crippen molar-refractivity contribution < 1.29 is 0 Å². The Hall–Kier alpha value is 0.217. The lowest BCUT2D eigenvalue weighted by Crippen LogP contribution is -2.25. The van der Waals surface area contributed by atoms with Gasteiger partial charge >= 0.3 is 0 Å². The van der Waals surface area contributed by atoms with E-state index in [9.17, 15) is 0 Å². The number of rotatable bonds is 3. The number of hydrogen-bond donors (Lipinski definition) is 0. The molecule has 0 aromatic heterocycles. The first-order chi connectivity index (χ1) is 3.98. The summed E-state index contributed by atoms with van der Waals surface area (Å²) in [5.74, 6) is 0.869. The number of hydrogen-bond acceptors (Lipinski definition) is 0. The molecule has 0 fully saturated rings. The molecular weight excluding hydrogens is 124 g/mol. The van der Waals surface area contributed by atoms with E-state index >= 15 is 0 Å². The highest BCUT2D eigenvalue weighted by Gasteiger charge is 2.18. The third-order valence-electron chi connectivity index (χ3n) is 1.64. The van der Waals surface area contributed by atoms with E-state index in [-0.39, 0.29) is 0 Å². The van der Waals surface area contributed by atoms with Gasteiger partial charge < -0.3 is 0 Å². The summed E-state index contributed by atoms with van der Waals surface area (Å²) in [4.78, 5) is 0. The predicted octanol–water partition coefficient (Wildman–Crippen LogP) is 3.18. The third kappa shape index (κ3) is 4.70. The van der Waals surface area contributed by atoms with Gasteiger partial charge in [-0.15, -0.1) is 0 Å². The van der Waals surface area contributed by atoms with Crippen LogP contribution in [0.4, 0.5) is 0 Å². The molecule has 1 radical (unpaired) electrons. The molecule has 0 atom stereocenters. The Labute approximate surface area is 60.7 Å². The first-order valence-corrected chi connectivity index (χ1v) is 7.18. The molecule has 0 aromatic carbocycles. The first kappa shape index (κ1) is 9.22. The van der Waals surface area contributed by atoms with Gasteiger partial charge in [-0.3, -0.25) is 0 Å². The Balaban J connectivity index is 3.58. The zero-order valence-corrected chi connectivity index (χ0v) is 8.20. The van der Waals surface area contributed by atoms with Crippen LogP contribution in [0.1, 0.15) is 13.8 Å². The summed E-state index contributed by atoms with van der Waals surface area (Å²) >= 11 is 0. The van der Waals surface area contributed by atoms with Crippen molar-refractivity contribution in [2.75, 3.05) is 0 Å². The zero-order chi connectivity index (χ0) is 7.49. The van der Waals surface area contributed by atoms with E-state index in [1.807, 2.05) is 0 Å². The second-order valence-corrected chi connectivity index (χ2v) is 9.25. The van der Waals surface area contributed by atoms with Crippen molar-refractivity contribution in [1.29, 1.82) is 0 Å². The maximum Gasteiger partial charge on any atom is 0.0476 e. The average molecular weight is 143 g/mol. The highest BCUT2D eigenvalue weighted by molar-refractivity contribution is 6.77. The van der Waals surface area contributed by atoms with Crippen LogP contribution in [-0.2, 0) is 0 Å². The van der Waals surface area contributed by atoms with Crippen LogP contribution < -0.4 is 0 Å². The van der Waals surface area contributed by atoms with Crippen LogP contribution >= 0.6 is 0 Å². The van der Waals surface area contributed by atoms with Crippen molar-refractivity contribution in [1.82, 2.24) is 0 Å². The van der Waals surface area contributed by atoms with Gasteiger partial charge in [-0.2, -0.15) is 0 Å². The van der Waals surface area contributed by atoms with Crippen molar-refractivity contribution in [3.05, 3.63) is 6.92 Å². The normalized spacial score (nSPS) is 12.7. The second-order valence-electron chi connectivity index (χ2n) is 4.01. The van der Waals surface area contributed by atoms with Crippen molar-refractivity contribution in [2.45, 2.75) is 39.0 Å². The Morgan fingerprint density at radius 3 is 1.89 bits per heavy atom. The molecule has 0 aliphatic heterocycles. The van der Waals surface area contributed by atoms with Crippen LogP contribution in [0.3, 0.4) is 0 Å². The van der Waals surface area contributed by atoms with E-state index in [1.54, 1.807) is 0 Å². The molecule has 9 heavy (non-hydrogen) atoms. The standard InChI is InChI=1S/C8H19Si/c1-6-9(4,5)7-8(2)3/h8H,1,6-7H2,2-5H3. The maximum absolute atomic E-state index is 3.97. The second kappa shape index (κ2) is 3.40. The van der Waals surface area contributed by atoms with E-state index in [1.165, 1.54) is 12.1 Å². The monoisotopic (exact) mass is 143 g/mol. The van der Waals surface area contributed by atoms with Crippen molar-refractivity contribution in [2.24, 2.45) is 5.92 Å². The fraction of sp³-hybridized carbons (Fsp3) is 0.875. The van der Waals surface area contributed by atoms with Crippen LogP contribution in [0, 0.1) is 12.8 Å². The molecule has 0 amide bonds. The third-order valence-corrected chi connectivity index (χ3v) is 4.91. The minimum absolute atomic E-state index is 0.851. The van der Waals surface area contributed by atoms with Crippen molar-refractivity contribution >= 4 is 8.07 Å². The molecule has 0 rings (SSSR count). The van der Waals surface area contributed by atoms with Crippen molar-refractivity contribution in [3.8, 4) is 0 Å². The Morgan fingerprint density at radius 2 is 1.78 bits per heavy atom. The Bertz CT molecular complexity index is 74.6. The molecule has 0 spiro atoms. The minimum Gasteiger partial charge on any atom is -0.0693 e. The molecular formula is C8H19Si. The summed E-state index contributed by atoms with van der Waals surface area (Å²) in [5, 5.41) is 0. The molecule has 0 saturated heterocycles.